The van der Waals surface area contributed by atoms with Gasteiger partial charge in [-0.1, -0.05) is 36.4 Å². The highest BCUT2D eigenvalue weighted by atomic mass is 15.2. The maximum absolute atomic E-state index is 3.75. The van der Waals surface area contributed by atoms with Crippen LogP contribution in [0, 0.1) is 17.8 Å². The van der Waals surface area contributed by atoms with Gasteiger partial charge in [0, 0.05) is 16.6 Å². The van der Waals surface area contributed by atoms with Crippen LogP contribution in [0.25, 0.3) is 10.9 Å². The van der Waals surface area contributed by atoms with E-state index in [1.54, 1.807) is 0 Å². The number of benzene rings is 2. The second kappa shape index (κ2) is 5.39. The molecule has 7 rings (SSSR count). The molecule has 0 atom stereocenters. The molecule has 0 amide bonds. The summed E-state index contributed by atoms with van der Waals surface area (Å²) in [5.74, 6) is 4.13. The summed E-state index contributed by atoms with van der Waals surface area (Å²) in [6.45, 7) is 0. The first kappa shape index (κ1) is 14.9. The van der Waals surface area contributed by atoms with E-state index in [1.165, 1.54) is 60.9 Å². The quantitative estimate of drug-likeness (QED) is 0.590. The van der Waals surface area contributed by atoms with Crippen molar-refractivity contribution in [1.82, 2.24) is 4.57 Å². The fourth-order valence-electron chi connectivity index (χ4n) is 6.77. The SMILES string of the molecule is c1ccc(Nc2cc3ccccc3n2C23CC4CC(CC(C4)C2)C3)cc1. The summed E-state index contributed by atoms with van der Waals surface area (Å²) in [6, 6.07) is 22.0. The molecular weight excluding hydrogens is 316 g/mol. The highest BCUT2D eigenvalue weighted by molar-refractivity contribution is 5.86. The monoisotopic (exact) mass is 342 g/mol. The van der Waals surface area contributed by atoms with Gasteiger partial charge in [-0.25, -0.2) is 0 Å². The molecule has 4 aliphatic rings. The lowest BCUT2D eigenvalue weighted by Gasteiger charge is -2.57. The third kappa shape index (κ3) is 2.17. The van der Waals surface area contributed by atoms with Gasteiger partial charge in [-0.05, 0) is 80.5 Å². The molecule has 0 unspecified atom stereocenters. The van der Waals surface area contributed by atoms with E-state index in [9.17, 15) is 0 Å². The van der Waals surface area contributed by atoms with Crippen molar-refractivity contribution in [3.05, 3.63) is 60.7 Å². The molecule has 3 aromatic rings. The average molecular weight is 342 g/mol. The summed E-state index contributed by atoms with van der Waals surface area (Å²) >= 11 is 0. The Morgan fingerprint density at radius 2 is 1.38 bits per heavy atom. The van der Waals surface area contributed by atoms with Gasteiger partial charge >= 0.3 is 0 Å². The summed E-state index contributed by atoms with van der Waals surface area (Å²) in [4.78, 5) is 0. The number of rotatable bonds is 3. The molecule has 0 spiro atoms. The van der Waals surface area contributed by atoms with Gasteiger partial charge in [0.15, 0.2) is 0 Å². The smallest absolute Gasteiger partial charge is 0.111 e. The van der Waals surface area contributed by atoms with E-state index < -0.39 is 0 Å². The van der Waals surface area contributed by atoms with Crippen molar-refractivity contribution in [2.24, 2.45) is 17.8 Å². The predicted molar refractivity (Wildman–Crippen MR) is 108 cm³/mol. The summed E-state index contributed by atoms with van der Waals surface area (Å²) in [6.07, 6.45) is 8.59. The first-order valence-electron chi connectivity index (χ1n) is 10.2. The molecule has 132 valence electrons. The molecule has 1 aromatic heterocycles. The number of nitrogens with one attached hydrogen (secondary N) is 1. The van der Waals surface area contributed by atoms with Crippen LogP contribution in [-0.4, -0.2) is 4.57 Å². The summed E-state index contributed by atoms with van der Waals surface area (Å²) in [5.41, 5.74) is 2.92. The zero-order chi connectivity index (χ0) is 17.1. The minimum atomic E-state index is 0.328. The van der Waals surface area contributed by atoms with Gasteiger partial charge in [-0.3, -0.25) is 0 Å². The second-order valence-electron chi connectivity index (χ2n) is 9.06. The first-order valence-corrected chi connectivity index (χ1v) is 10.2. The zero-order valence-corrected chi connectivity index (χ0v) is 15.2. The van der Waals surface area contributed by atoms with Gasteiger partial charge in [0.2, 0.25) is 0 Å². The van der Waals surface area contributed by atoms with E-state index in [-0.39, 0.29) is 0 Å². The Labute approximate surface area is 155 Å². The van der Waals surface area contributed by atoms with E-state index in [1.807, 2.05) is 0 Å². The maximum atomic E-state index is 3.75. The second-order valence-corrected chi connectivity index (χ2v) is 9.06. The Kier molecular flexibility index (Phi) is 3.09. The van der Waals surface area contributed by atoms with E-state index in [4.69, 9.17) is 0 Å². The van der Waals surface area contributed by atoms with Gasteiger partial charge in [-0.2, -0.15) is 0 Å². The molecule has 4 bridgehead atoms. The van der Waals surface area contributed by atoms with Crippen LogP contribution in [-0.2, 0) is 5.54 Å². The Morgan fingerprint density at radius 3 is 2.08 bits per heavy atom. The van der Waals surface area contributed by atoms with Crippen molar-refractivity contribution in [3.8, 4) is 0 Å². The minimum absolute atomic E-state index is 0.328. The minimum Gasteiger partial charge on any atom is -0.342 e. The van der Waals surface area contributed by atoms with Gasteiger partial charge in [0.25, 0.3) is 0 Å². The summed E-state index contributed by atoms with van der Waals surface area (Å²) in [5, 5.41) is 5.11. The molecule has 4 fully saturated rings. The average Bonchev–Trinajstić information content (AvgIpc) is 3.00. The molecule has 1 N–H and O–H groups in total. The van der Waals surface area contributed by atoms with Crippen LogP contribution < -0.4 is 5.32 Å². The van der Waals surface area contributed by atoms with Crippen LogP contribution in [0.4, 0.5) is 11.5 Å². The highest BCUT2D eigenvalue weighted by Gasteiger charge is 2.52. The first-order chi connectivity index (χ1) is 12.8. The molecule has 0 radical (unpaired) electrons. The number of hydrogen-bond acceptors (Lipinski definition) is 1. The maximum Gasteiger partial charge on any atom is 0.111 e. The molecule has 2 aromatic carbocycles. The third-order valence-electron chi connectivity index (χ3n) is 7.24. The number of fused-ring (bicyclic) bond motifs is 1. The van der Waals surface area contributed by atoms with Gasteiger partial charge in [0.1, 0.15) is 5.82 Å². The van der Waals surface area contributed by atoms with Crippen LogP contribution in [0.15, 0.2) is 60.7 Å². The summed E-state index contributed by atoms with van der Waals surface area (Å²) in [7, 11) is 0. The van der Waals surface area contributed by atoms with E-state index in [0.29, 0.717) is 5.54 Å². The Morgan fingerprint density at radius 1 is 0.769 bits per heavy atom. The van der Waals surface area contributed by atoms with Crippen LogP contribution in [0.1, 0.15) is 38.5 Å². The molecular formula is C24H26N2. The molecule has 0 saturated heterocycles. The lowest BCUT2D eigenvalue weighted by atomic mass is 9.53. The molecule has 4 aliphatic carbocycles. The zero-order valence-electron chi connectivity index (χ0n) is 15.2. The molecule has 26 heavy (non-hydrogen) atoms. The van der Waals surface area contributed by atoms with Crippen molar-refractivity contribution in [3.63, 3.8) is 0 Å². The molecule has 4 saturated carbocycles. The van der Waals surface area contributed by atoms with Crippen molar-refractivity contribution >= 4 is 22.4 Å². The van der Waals surface area contributed by atoms with Crippen molar-refractivity contribution in [2.75, 3.05) is 5.32 Å². The lowest BCUT2D eigenvalue weighted by Crippen LogP contribution is -2.51. The van der Waals surface area contributed by atoms with Crippen molar-refractivity contribution < 1.29 is 0 Å². The Hall–Kier alpha value is -2.22. The molecule has 2 heteroatoms. The molecule has 2 nitrogen and oxygen atoms in total. The Balaban J connectivity index is 1.52. The number of anilines is 2. The lowest BCUT2D eigenvalue weighted by molar-refractivity contribution is -0.0397. The number of aromatic nitrogens is 1. The molecule has 0 aliphatic heterocycles. The van der Waals surface area contributed by atoms with Crippen LogP contribution >= 0.6 is 0 Å². The fraction of sp³-hybridized carbons (Fsp3) is 0.417. The largest absolute Gasteiger partial charge is 0.342 e. The van der Waals surface area contributed by atoms with E-state index in [2.05, 4.69) is 70.5 Å². The van der Waals surface area contributed by atoms with Crippen LogP contribution in [0.2, 0.25) is 0 Å². The third-order valence-corrected chi connectivity index (χ3v) is 7.24. The molecule has 1 heterocycles. The van der Waals surface area contributed by atoms with Crippen molar-refractivity contribution in [1.29, 1.82) is 0 Å². The standard InChI is InChI=1S/C24H26N2/c1-2-7-21(8-3-1)25-23-13-20-6-4-5-9-22(20)26(23)24-14-17-10-18(15-24)12-19(11-17)16-24/h1-9,13,17-19,25H,10-12,14-16H2. The van der Waals surface area contributed by atoms with Crippen LogP contribution in [0.5, 0.6) is 0 Å². The number of para-hydroxylation sites is 2. The normalized spacial score (nSPS) is 32.2. The topological polar surface area (TPSA) is 17.0 Å². The number of nitrogens with zero attached hydrogens (tertiary/aromatic N) is 1. The van der Waals surface area contributed by atoms with Gasteiger partial charge < -0.3 is 9.88 Å². The predicted octanol–water partition coefficient (Wildman–Crippen LogP) is 6.31. The van der Waals surface area contributed by atoms with Gasteiger partial charge in [-0.15, -0.1) is 0 Å². The van der Waals surface area contributed by atoms with Gasteiger partial charge in [0.05, 0.1) is 5.52 Å². The highest BCUT2D eigenvalue weighted by Crippen LogP contribution is 2.60. The van der Waals surface area contributed by atoms with Crippen LogP contribution in [0.3, 0.4) is 0 Å². The van der Waals surface area contributed by atoms with E-state index in [0.717, 1.165) is 17.8 Å². The fourth-order valence-corrected chi connectivity index (χ4v) is 6.77. The number of hydrogen-bond donors (Lipinski definition) is 1. The van der Waals surface area contributed by atoms with Crippen molar-refractivity contribution in [2.45, 2.75) is 44.1 Å². The van der Waals surface area contributed by atoms with E-state index >= 15 is 0 Å². The summed E-state index contributed by atoms with van der Waals surface area (Å²) < 4.78 is 2.71. The Bertz CT molecular complexity index is 917.